The van der Waals surface area contributed by atoms with Crippen molar-refractivity contribution in [2.45, 2.75) is 31.1 Å². The van der Waals surface area contributed by atoms with Gasteiger partial charge in [-0.3, -0.25) is 0 Å². The summed E-state index contributed by atoms with van der Waals surface area (Å²) in [5.74, 6) is -1.82. The van der Waals surface area contributed by atoms with Gasteiger partial charge >= 0.3 is 0 Å². The standard InChI is InChI=1S/C13H18F2N2O2S/c1-2-7-17(8-9-3-4-9)20(18,19)11-6-5-10(14)13(16)12(11)15/h5-6,9H,2-4,7-8,16H2,1H3. The lowest BCUT2D eigenvalue weighted by molar-refractivity contribution is 0.392. The zero-order valence-electron chi connectivity index (χ0n) is 11.3. The summed E-state index contributed by atoms with van der Waals surface area (Å²) in [6.07, 6.45) is 2.61. The third-order valence-corrected chi connectivity index (χ3v) is 5.22. The summed E-state index contributed by atoms with van der Waals surface area (Å²) in [5, 5.41) is 0. The normalized spacial score (nSPS) is 15.8. The number of hydrogen-bond acceptors (Lipinski definition) is 3. The van der Waals surface area contributed by atoms with E-state index in [1.165, 1.54) is 4.31 Å². The maximum absolute atomic E-state index is 13.9. The summed E-state index contributed by atoms with van der Waals surface area (Å²) in [6.45, 7) is 2.55. The zero-order chi connectivity index (χ0) is 14.9. The van der Waals surface area contributed by atoms with Gasteiger partial charge < -0.3 is 5.73 Å². The number of benzene rings is 1. The van der Waals surface area contributed by atoms with Crippen LogP contribution in [0, 0.1) is 17.6 Å². The maximum atomic E-state index is 13.9. The first kappa shape index (κ1) is 15.2. The molecule has 0 spiro atoms. The molecule has 1 saturated carbocycles. The van der Waals surface area contributed by atoms with Crippen LogP contribution in [0.15, 0.2) is 17.0 Å². The van der Waals surface area contributed by atoms with Crippen molar-refractivity contribution in [2.75, 3.05) is 18.8 Å². The summed E-state index contributed by atoms with van der Waals surface area (Å²) < 4.78 is 53.3. The van der Waals surface area contributed by atoms with Gasteiger partial charge in [-0.2, -0.15) is 4.31 Å². The van der Waals surface area contributed by atoms with Gasteiger partial charge in [-0.25, -0.2) is 17.2 Å². The van der Waals surface area contributed by atoms with Gasteiger partial charge in [-0.1, -0.05) is 6.92 Å². The van der Waals surface area contributed by atoms with Gasteiger partial charge in [0.25, 0.3) is 0 Å². The molecule has 0 radical (unpaired) electrons. The van der Waals surface area contributed by atoms with Crippen molar-refractivity contribution in [1.29, 1.82) is 0 Å². The van der Waals surface area contributed by atoms with Crippen LogP contribution in [0.2, 0.25) is 0 Å². The molecule has 2 N–H and O–H groups in total. The Morgan fingerprint density at radius 1 is 1.35 bits per heavy atom. The van der Waals surface area contributed by atoms with Crippen LogP contribution in [-0.4, -0.2) is 25.8 Å². The smallest absolute Gasteiger partial charge is 0.246 e. The molecule has 1 aliphatic rings. The molecule has 1 fully saturated rings. The minimum absolute atomic E-state index is 0.315. The van der Waals surface area contributed by atoms with Gasteiger partial charge in [-0.05, 0) is 37.3 Å². The summed E-state index contributed by atoms with van der Waals surface area (Å²) in [4.78, 5) is -0.550. The van der Waals surface area contributed by atoms with Crippen LogP contribution in [0.1, 0.15) is 26.2 Å². The van der Waals surface area contributed by atoms with Crippen molar-refractivity contribution < 1.29 is 17.2 Å². The Balaban J connectivity index is 2.38. The van der Waals surface area contributed by atoms with Crippen LogP contribution < -0.4 is 5.73 Å². The van der Waals surface area contributed by atoms with Gasteiger partial charge in [0.2, 0.25) is 10.0 Å². The first-order valence-electron chi connectivity index (χ1n) is 6.61. The zero-order valence-corrected chi connectivity index (χ0v) is 12.1. The number of anilines is 1. The number of nitrogens with zero attached hydrogens (tertiary/aromatic N) is 1. The van der Waals surface area contributed by atoms with E-state index in [4.69, 9.17) is 5.73 Å². The van der Waals surface area contributed by atoms with Crippen molar-refractivity contribution in [1.82, 2.24) is 4.31 Å². The molecule has 4 nitrogen and oxygen atoms in total. The minimum Gasteiger partial charge on any atom is -0.394 e. The number of rotatable bonds is 6. The van der Waals surface area contributed by atoms with Crippen molar-refractivity contribution in [3.05, 3.63) is 23.8 Å². The van der Waals surface area contributed by atoms with Gasteiger partial charge in [0.15, 0.2) is 5.82 Å². The first-order valence-corrected chi connectivity index (χ1v) is 8.05. The van der Waals surface area contributed by atoms with Crippen LogP contribution in [0.4, 0.5) is 14.5 Å². The lowest BCUT2D eigenvalue weighted by Gasteiger charge is -2.22. The molecule has 0 heterocycles. The van der Waals surface area contributed by atoms with E-state index in [9.17, 15) is 17.2 Å². The number of hydrogen-bond donors (Lipinski definition) is 1. The molecule has 20 heavy (non-hydrogen) atoms. The number of halogens is 2. The second-order valence-electron chi connectivity index (χ2n) is 5.08. The Bertz CT molecular complexity index is 601. The lowest BCUT2D eigenvalue weighted by Crippen LogP contribution is -2.34. The summed E-state index contributed by atoms with van der Waals surface area (Å²) in [5.41, 5.74) is 4.48. The average molecular weight is 304 g/mol. The highest BCUT2D eigenvalue weighted by Gasteiger charge is 2.33. The molecular formula is C13H18F2N2O2S. The molecule has 1 aliphatic carbocycles. The van der Waals surface area contributed by atoms with E-state index in [-0.39, 0.29) is 0 Å². The fourth-order valence-electron chi connectivity index (χ4n) is 2.04. The second-order valence-corrected chi connectivity index (χ2v) is 6.99. The lowest BCUT2D eigenvalue weighted by atomic mass is 10.3. The molecule has 112 valence electrons. The molecule has 0 amide bonds. The molecule has 0 atom stereocenters. The quantitative estimate of drug-likeness (QED) is 0.821. The average Bonchev–Trinajstić information content (AvgIpc) is 3.19. The Morgan fingerprint density at radius 2 is 2.00 bits per heavy atom. The van der Waals surface area contributed by atoms with Crippen molar-refractivity contribution in [3.8, 4) is 0 Å². The van der Waals surface area contributed by atoms with Crippen LogP contribution >= 0.6 is 0 Å². The van der Waals surface area contributed by atoms with E-state index < -0.39 is 32.2 Å². The van der Waals surface area contributed by atoms with Crippen LogP contribution in [0.3, 0.4) is 0 Å². The Hall–Kier alpha value is -1.21. The predicted molar refractivity (Wildman–Crippen MR) is 72.5 cm³/mol. The molecule has 1 aromatic rings. The van der Waals surface area contributed by atoms with E-state index in [2.05, 4.69) is 0 Å². The molecule has 0 aliphatic heterocycles. The van der Waals surface area contributed by atoms with Gasteiger partial charge in [0, 0.05) is 13.1 Å². The summed E-state index contributed by atoms with van der Waals surface area (Å²) >= 11 is 0. The highest BCUT2D eigenvalue weighted by molar-refractivity contribution is 7.89. The first-order chi connectivity index (χ1) is 9.37. The van der Waals surface area contributed by atoms with E-state index >= 15 is 0 Å². The third kappa shape index (κ3) is 2.93. The van der Waals surface area contributed by atoms with E-state index in [1.807, 2.05) is 6.92 Å². The topological polar surface area (TPSA) is 63.4 Å². The minimum atomic E-state index is -3.98. The largest absolute Gasteiger partial charge is 0.394 e. The Labute approximate surface area is 117 Å². The van der Waals surface area contributed by atoms with Crippen molar-refractivity contribution >= 4 is 15.7 Å². The molecule has 0 unspecified atom stereocenters. The van der Waals surface area contributed by atoms with Crippen LogP contribution in [0.5, 0.6) is 0 Å². The van der Waals surface area contributed by atoms with Crippen LogP contribution in [0.25, 0.3) is 0 Å². The number of sulfonamides is 1. The monoisotopic (exact) mass is 304 g/mol. The van der Waals surface area contributed by atoms with Crippen LogP contribution in [-0.2, 0) is 10.0 Å². The fraction of sp³-hybridized carbons (Fsp3) is 0.538. The summed E-state index contributed by atoms with van der Waals surface area (Å²) in [7, 11) is -3.98. The summed E-state index contributed by atoms with van der Waals surface area (Å²) in [6, 6.07) is 1.82. The second kappa shape index (κ2) is 5.65. The highest BCUT2D eigenvalue weighted by Crippen LogP contribution is 2.33. The van der Waals surface area contributed by atoms with Gasteiger partial charge in [0.1, 0.15) is 16.4 Å². The third-order valence-electron chi connectivity index (χ3n) is 3.34. The van der Waals surface area contributed by atoms with E-state index in [0.29, 0.717) is 25.4 Å². The van der Waals surface area contributed by atoms with Crippen molar-refractivity contribution in [3.63, 3.8) is 0 Å². The maximum Gasteiger partial charge on any atom is 0.246 e. The molecular weight excluding hydrogens is 286 g/mol. The molecule has 0 aromatic heterocycles. The van der Waals surface area contributed by atoms with E-state index in [1.54, 1.807) is 0 Å². The highest BCUT2D eigenvalue weighted by atomic mass is 32.2. The Kier molecular flexibility index (Phi) is 4.29. The molecule has 7 heteroatoms. The Morgan fingerprint density at radius 3 is 2.55 bits per heavy atom. The SMILES string of the molecule is CCCN(CC1CC1)S(=O)(=O)c1ccc(F)c(N)c1F. The van der Waals surface area contributed by atoms with E-state index in [0.717, 1.165) is 25.0 Å². The molecule has 2 rings (SSSR count). The predicted octanol–water partition coefficient (Wildman–Crippen LogP) is 2.36. The molecule has 0 saturated heterocycles. The fourth-order valence-corrected chi connectivity index (χ4v) is 3.72. The number of nitrogen functional groups attached to an aromatic ring is 1. The molecule has 0 bridgehead atoms. The van der Waals surface area contributed by atoms with Crippen molar-refractivity contribution in [2.24, 2.45) is 5.92 Å². The molecule has 1 aromatic carbocycles. The van der Waals surface area contributed by atoms with Gasteiger partial charge in [0.05, 0.1) is 0 Å². The number of nitrogens with two attached hydrogens (primary N) is 1. The van der Waals surface area contributed by atoms with Gasteiger partial charge in [-0.15, -0.1) is 0 Å².